The average molecular weight is 221 g/mol. The number of carbonyl (C=O) groups is 3. The molecule has 0 bridgehead atoms. The lowest BCUT2D eigenvalue weighted by atomic mass is 9.95. The minimum absolute atomic E-state index is 0.141. The molecule has 86 valence electrons. The largest absolute Gasteiger partial charge is 0.299 e. The number of hydrogen-bond donors (Lipinski definition) is 0. The minimum atomic E-state index is -0.272. The predicted molar refractivity (Wildman–Crippen MR) is 57.4 cm³/mol. The van der Waals surface area contributed by atoms with E-state index in [0.717, 1.165) is 19.3 Å². The molecule has 4 nitrogen and oxygen atoms in total. The van der Waals surface area contributed by atoms with Crippen LogP contribution in [-0.4, -0.2) is 28.5 Å². The predicted octanol–water partition coefficient (Wildman–Crippen LogP) is 1.06. The molecule has 1 fully saturated rings. The van der Waals surface area contributed by atoms with Crippen molar-refractivity contribution in [3.05, 3.63) is 12.2 Å². The first kappa shape index (κ1) is 11.0. The van der Waals surface area contributed by atoms with Gasteiger partial charge in [-0.15, -0.1) is 0 Å². The first-order valence-corrected chi connectivity index (χ1v) is 5.73. The Morgan fingerprint density at radius 3 is 2.50 bits per heavy atom. The van der Waals surface area contributed by atoms with Crippen LogP contribution in [0.25, 0.3) is 0 Å². The zero-order valence-corrected chi connectivity index (χ0v) is 9.31. The second-order valence-electron chi connectivity index (χ2n) is 4.30. The molecule has 0 aromatic heterocycles. The molecule has 0 aromatic rings. The van der Waals surface area contributed by atoms with Crippen molar-refractivity contribution in [1.29, 1.82) is 0 Å². The molecule has 0 saturated heterocycles. The van der Waals surface area contributed by atoms with Gasteiger partial charge in [0.15, 0.2) is 0 Å². The summed E-state index contributed by atoms with van der Waals surface area (Å²) in [7, 11) is 0. The molecule has 2 rings (SSSR count). The van der Waals surface area contributed by atoms with Gasteiger partial charge in [-0.1, -0.05) is 13.3 Å². The summed E-state index contributed by atoms with van der Waals surface area (Å²) >= 11 is 0. The van der Waals surface area contributed by atoms with Crippen molar-refractivity contribution < 1.29 is 14.4 Å². The Hall–Kier alpha value is -1.45. The van der Waals surface area contributed by atoms with Crippen LogP contribution in [0.5, 0.6) is 0 Å². The third-order valence-corrected chi connectivity index (χ3v) is 3.42. The average Bonchev–Trinajstić information content (AvgIpc) is 2.84. The van der Waals surface area contributed by atoms with Gasteiger partial charge in [0, 0.05) is 24.5 Å². The summed E-state index contributed by atoms with van der Waals surface area (Å²) in [5.74, 6) is -0.524. The maximum absolute atomic E-state index is 11.7. The van der Waals surface area contributed by atoms with Crippen molar-refractivity contribution in [1.82, 2.24) is 4.90 Å². The van der Waals surface area contributed by atoms with Gasteiger partial charge in [-0.2, -0.15) is 0 Å². The van der Waals surface area contributed by atoms with E-state index in [-0.39, 0.29) is 29.6 Å². The van der Waals surface area contributed by atoms with Crippen molar-refractivity contribution in [2.75, 3.05) is 0 Å². The number of nitrogens with zero attached hydrogens (tertiary/aromatic N) is 1. The summed E-state index contributed by atoms with van der Waals surface area (Å²) in [6.45, 7) is 1.82. The SMILES string of the molecule is CCC(=O)C1CCCC1N1C(=O)C=CC1=O. The molecule has 1 heterocycles. The highest BCUT2D eigenvalue weighted by Crippen LogP contribution is 2.32. The first-order chi connectivity index (χ1) is 7.65. The molecule has 16 heavy (non-hydrogen) atoms. The minimum Gasteiger partial charge on any atom is -0.299 e. The van der Waals surface area contributed by atoms with E-state index >= 15 is 0 Å². The van der Waals surface area contributed by atoms with Gasteiger partial charge in [0.1, 0.15) is 5.78 Å². The van der Waals surface area contributed by atoms with E-state index in [9.17, 15) is 14.4 Å². The second kappa shape index (κ2) is 4.20. The number of hydrogen-bond acceptors (Lipinski definition) is 3. The van der Waals surface area contributed by atoms with E-state index in [1.807, 2.05) is 6.92 Å². The Bertz CT molecular complexity index is 354. The van der Waals surface area contributed by atoms with Crippen molar-refractivity contribution in [3.8, 4) is 0 Å². The summed E-state index contributed by atoms with van der Waals surface area (Å²) in [6.07, 6.45) is 5.52. The number of rotatable bonds is 3. The monoisotopic (exact) mass is 221 g/mol. The molecular formula is C12H15NO3. The Kier molecular flexibility index (Phi) is 2.90. The number of amides is 2. The smallest absolute Gasteiger partial charge is 0.253 e. The normalized spacial score (nSPS) is 29.2. The van der Waals surface area contributed by atoms with Gasteiger partial charge in [0.2, 0.25) is 0 Å². The molecule has 2 aliphatic rings. The number of carbonyl (C=O) groups excluding carboxylic acids is 3. The highest BCUT2D eigenvalue weighted by molar-refractivity contribution is 6.13. The van der Waals surface area contributed by atoms with Gasteiger partial charge >= 0.3 is 0 Å². The van der Waals surface area contributed by atoms with Crippen LogP contribution in [-0.2, 0) is 14.4 Å². The van der Waals surface area contributed by atoms with Crippen LogP contribution in [0.1, 0.15) is 32.6 Å². The molecule has 0 spiro atoms. The first-order valence-electron chi connectivity index (χ1n) is 5.73. The van der Waals surface area contributed by atoms with Crippen molar-refractivity contribution in [2.24, 2.45) is 5.92 Å². The van der Waals surface area contributed by atoms with E-state index in [4.69, 9.17) is 0 Å². The van der Waals surface area contributed by atoms with Crippen molar-refractivity contribution in [2.45, 2.75) is 38.6 Å². The summed E-state index contributed by atoms with van der Waals surface area (Å²) in [4.78, 5) is 36.1. The van der Waals surface area contributed by atoms with E-state index in [2.05, 4.69) is 0 Å². The summed E-state index contributed by atoms with van der Waals surface area (Å²) in [5.41, 5.74) is 0. The van der Waals surface area contributed by atoms with E-state index in [1.165, 1.54) is 17.1 Å². The quantitative estimate of drug-likeness (QED) is 0.669. The zero-order valence-electron chi connectivity index (χ0n) is 9.31. The van der Waals surface area contributed by atoms with Gasteiger partial charge in [0.05, 0.1) is 6.04 Å². The van der Waals surface area contributed by atoms with Crippen LogP contribution >= 0.6 is 0 Å². The van der Waals surface area contributed by atoms with Gasteiger partial charge in [-0.25, -0.2) is 0 Å². The molecule has 0 N–H and O–H groups in total. The van der Waals surface area contributed by atoms with Crippen LogP contribution in [0, 0.1) is 5.92 Å². The molecule has 4 heteroatoms. The topological polar surface area (TPSA) is 54.5 Å². The molecule has 1 aliphatic carbocycles. The Balaban J connectivity index is 2.17. The second-order valence-corrected chi connectivity index (χ2v) is 4.30. The molecular weight excluding hydrogens is 206 g/mol. The highest BCUT2D eigenvalue weighted by atomic mass is 16.2. The molecule has 2 atom stereocenters. The van der Waals surface area contributed by atoms with Gasteiger partial charge < -0.3 is 0 Å². The van der Waals surface area contributed by atoms with Gasteiger partial charge in [-0.05, 0) is 12.8 Å². The standard InChI is InChI=1S/C12H15NO3/c1-2-10(14)8-4-3-5-9(8)13-11(15)6-7-12(13)16/h6-9H,2-5H2,1H3. The van der Waals surface area contributed by atoms with E-state index < -0.39 is 0 Å². The van der Waals surface area contributed by atoms with Crippen LogP contribution in [0.4, 0.5) is 0 Å². The molecule has 1 saturated carbocycles. The van der Waals surface area contributed by atoms with Gasteiger partial charge in [-0.3, -0.25) is 19.3 Å². The number of ketones is 1. The van der Waals surface area contributed by atoms with E-state index in [1.54, 1.807) is 0 Å². The number of imide groups is 1. The Labute approximate surface area is 94.3 Å². The zero-order chi connectivity index (χ0) is 11.7. The van der Waals surface area contributed by atoms with E-state index in [0.29, 0.717) is 6.42 Å². The van der Waals surface area contributed by atoms with Crippen LogP contribution in [0.15, 0.2) is 12.2 Å². The summed E-state index contributed by atoms with van der Waals surface area (Å²) in [5, 5.41) is 0. The third kappa shape index (κ3) is 1.68. The Morgan fingerprint density at radius 2 is 1.94 bits per heavy atom. The molecule has 2 amide bonds. The fraction of sp³-hybridized carbons (Fsp3) is 0.583. The van der Waals surface area contributed by atoms with Crippen LogP contribution in [0.2, 0.25) is 0 Å². The fourth-order valence-corrected chi connectivity index (χ4v) is 2.63. The summed E-state index contributed by atoms with van der Waals surface area (Å²) in [6, 6.07) is -0.206. The Morgan fingerprint density at radius 1 is 1.31 bits per heavy atom. The van der Waals surface area contributed by atoms with Crippen LogP contribution < -0.4 is 0 Å². The molecule has 0 radical (unpaired) electrons. The lowest BCUT2D eigenvalue weighted by Gasteiger charge is -2.26. The summed E-state index contributed by atoms with van der Waals surface area (Å²) < 4.78 is 0. The third-order valence-electron chi connectivity index (χ3n) is 3.42. The van der Waals surface area contributed by atoms with Gasteiger partial charge in [0.25, 0.3) is 11.8 Å². The lowest BCUT2D eigenvalue weighted by molar-refractivity contribution is -0.141. The molecule has 0 aromatic carbocycles. The maximum atomic E-state index is 11.7. The van der Waals surface area contributed by atoms with Crippen molar-refractivity contribution in [3.63, 3.8) is 0 Å². The molecule has 2 unspecified atom stereocenters. The fourth-order valence-electron chi connectivity index (χ4n) is 2.63. The lowest BCUT2D eigenvalue weighted by Crippen LogP contribution is -2.44. The highest BCUT2D eigenvalue weighted by Gasteiger charge is 2.41. The van der Waals surface area contributed by atoms with Crippen molar-refractivity contribution >= 4 is 17.6 Å². The van der Waals surface area contributed by atoms with Crippen LogP contribution in [0.3, 0.4) is 0 Å². The maximum Gasteiger partial charge on any atom is 0.253 e. The number of Topliss-reactive ketones (excluding diaryl/α,β-unsaturated/α-hetero) is 1. The molecule has 1 aliphatic heterocycles.